The Kier molecular flexibility index (Phi) is 4.23. The van der Waals surface area contributed by atoms with Gasteiger partial charge in [0.2, 0.25) is 11.4 Å². The zero-order chi connectivity index (χ0) is 14.7. The zero-order valence-corrected chi connectivity index (χ0v) is 11.6. The van der Waals surface area contributed by atoms with Crippen molar-refractivity contribution >= 4 is 21.9 Å². The van der Waals surface area contributed by atoms with Gasteiger partial charge in [-0.2, -0.15) is 0 Å². The Morgan fingerprint density at radius 1 is 1.20 bits per heavy atom. The maximum Gasteiger partial charge on any atom is 0.362 e. The fourth-order valence-corrected chi connectivity index (χ4v) is 1.76. The molecule has 0 unspecified atom stereocenters. The molecule has 2 aromatic rings. The number of nitrogens with zero attached hydrogens (tertiary/aromatic N) is 2. The average Bonchev–Trinajstić information content (AvgIpc) is 2.42. The minimum Gasteiger partial charge on any atom is -0.464 e. The highest BCUT2D eigenvalue weighted by Gasteiger charge is 2.20. The molecule has 0 N–H and O–H groups in total. The van der Waals surface area contributed by atoms with E-state index >= 15 is 0 Å². The van der Waals surface area contributed by atoms with E-state index in [-0.39, 0.29) is 16.0 Å². The third-order valence-corrected chi connectivity index (χ3v) is 2.66. The van der Waals surface area contributed by atoms with Crippen LogP contribution in [0, 0.1) is 11.6 Å². The summed E-state index contributed by atoms with van der Waals surface area (Å²) in [5.41, 5.74) is -0.281. The van der Waals surface area contributed by atoms with Crippen LogP contribution in [0.2, 0.25) is 0 Å². The van der Waals surface area contributed by atoms with Crippen LogP contribution >= 0.6 is 15.9 Å². The van der Waals surface area contributed by atoms with Crippen LogP contribution in [0.5, 0.6) is 11.6 Å². The van der Waals surface area contributed by atoms with E-state index < -0.39 is 23.4 Å². The molecule has 0 aliphatic heterocycles. The van der Waals surface area contributed by atoms with Gasteiger partial charge in [-0.3, -0.25) is 0 Å². The summed E-state index contributed by atoms with van der Waals surface area (Å²) in [4.78, 5) is 18.9. The minimum atomic E-state index is -0.946. The monoisotopic (exact) mass is 344 g/mol. The number of methoxy groups -OCH3 is 1. The Hall–Kier alpha value is -2.09. The summed E-state index contributed by atoms with van der Waals surface area (Å²) in [6.45, 7) is 0. The highest BCUT2D eigenvalue weighted by atomic mass is 79.9. The topological polar surface area (TPSA) is 61.3 Å². The van der Waals surface area contributed by atoms with Gasteiger partial charge in [-0.05, 0) is 12.1 Å². The SMILES string of the molecule is COC(=O)c1nccnc1Oc1c(F)cc(Br)cc1F. The van der Waals surface area contributed by atoms with E-state index in [1.807, 2.05) is 0 Å². The van der Waals surface area contributed by atoms with Crippen molar-refractivity contribution in [3.63, 3.8) is 0 Å². The molecule has 0 bridgehead atoms. The molecular weight excluding hydrogens is 338 g/mol. The van der Waals surface area contributed by atoms with Crippen LogP contribution in [0.1, 0.15) is 10.5 Å². The van der Waals surface area contributed by atoms with E-state index in [0.717, 1.165) is 19.2 Å². The van der Waals surface area contributed by atoms with Crippen molar-refractivity contribution in [2.75, 3.05) is 7.11 Å². The van der Waals surface area contributed by atoms with Crippen LogP contribution in [0.25, 0.3) is 0 Å². The molecule has 0 fully saturated rings. The van der Waals surface area contributed by atoms with Crippen molar-refractivity contribution in [2.45, 2.75) is 0 Å². The number of hydrogen-bond acceptors (Lipinski definition) is 5. The highest BCUT2D eigenvalue weighted by Crippen LogP contribution is 2.30. The van der Waals surface area contributed by atoms with Crippen molar-refractivity contribution in [1.82, 2.24) is 9.97 Å². The van der Waals surface area contributed by atoms with E-state index in [4.69, 9.17) is 4.74 Å². The molecule has 20 heavy (non-hydrogen) atoms. The second kappa shape index (κ2) is 5.91. The van der Waals surface area contributed by atoms with E-state index in [1.54, 1.807) is 0 Å². The predicted octanol–water partition coefficient (Wildman–Crippen LogP) is 3.10. The molecule has 0 atom stereocenters. The van der Waals surface area contributed by atoms with Crippen molar-refractivity contribution in [2.24, 2.45) is 0 Å². The van der Waals surface area contributed by atoms with Gasteiger partial charge in [-0.25, -0.2) is 23.5 Å². The Labute approximate surface area is 120 Å². The number of benzene rings is 1. The van der Waals surface area contributed by atoms with Gasteiger partial charge in [0.25, 0.3) is 5.88 Å². The van der Waals surface area contributed by atoms with E-state index in [9.17, 15) is 13.6 Å². The molecule has 1 aromatic carbocycles. The minimum absolute atomic E-state index is 0.215. The summed E-state index contributed by atoms with van der Waals surface area (Å²) in [6.07, 6.45) is 2.45. The number of rotatable bonds is 3. The summed E-state index contributed by atoms with van der Waals surface area (Å²) in [6, 6.07) is 2.04. The van der Waals surface area contributed by atoms with Crippen LogP contribution in [0.15, 0.2) is 29.0 Å². The van der Waals surface area contributed by atoms with Gasteiger partial charge in [0.1, 0.15) is 0 Å². The quantitative estimate of drug-likeness (QED) is 0.800. The first-order valence-corrected chi connectivity index (χ1v) is 6.04. The lowest BCUT2D eigenvalue weighted by Gasteiger charge is -2.09. The molecule has 5 nitrogen and oxygen atoms in total. The predicted molar refractivity (Wildman–Crippen MR) is 67.5 cm³/mol. The maximum atomic E-state index is 13.7. The molecule has 1 heterocycles. The summed E-state index contributed by atoms with van der Waals surface area (Å²) in [5.74, 6) is -3.75. The lowest BCUT2D eigenvalue weighted by Crippen LogP contribution is -2.08. The Bertz CT molecular complexity index is 644. The second-order valence-corrected chi connectivity index (χ2v) is 4.42. The summed E-state index contributed by atoms with van der Waals surface area (Å²) < 4.78 is 37.0. The van der Waals surface area contributed by atoms with Gasteiger partial charge in [0, 0.05) is 16.9 Å². The molecule has 0 spiro atoms. The average molecular weight is 345 g/mol. The Morgan fingerprint density at radius 2 is 1.80 bits per heavy atom. The number of esters is 1. The molecule has 0 aliphatic carbocycles. The number of carbonyl (C=O) groups is 1. The number of hydrogen-bond donors (Lipinski definition) is 0. The molecular formula is C12H7BrF2N2O3. The molecule has 0 amide bonds. The van der Waals surface area contributed by atoms with E-state index in [2.05, 4.69) is 30.6 Å². The van der Waals surface area contributed by atoms with Crippen LogP contribution in [0.4, 0.5) is 8.78 Å². The summed E-state index contributed by atoms with van der Waals surface area (Å²) in [5, 5.41) is 0. The number of aromatic nitrogens is 2. The van der Waals surface area contributed by atoms with Gasteiger partial charge < -0.3 is 9.47 Å². The first-order chi connectivity index (χ1) is 9.52. The van der Waals surface area contributed by atoms with Gasteiger partial charge >= 0.3 is 5.97 Å². The summed E-state index contributed by atoms with van der Waals surface area (Å²) >= 11 is 2.94. The second-order valence-electron chi connectivity index (χ2n) is 3.50. The van der Waals surface area contributed by atoms with E-state index in [0.29, 0.717) is 0 Å². The van der Waals surface area contributed by atoms with Gasteiger partial charge in [-0.1, -0.05) is 15.9 Å². The van der Waals surface area contributed by atoms with Crippen molar-refractivity contribution in [1.29, 1.82) is 0 Å². The first kappa shape index (κ1) is 14.3. The molecule has 0 radical (unpaired) electrons. The lowest BCUT2D eigenvalue weighted by atomic mass is 10.3. The standard InChI is InChI=1S/C12H7BrF2N2O3/c1-19-12(18)9-11(17-3-2-16-9)20-10-7(14)4-6(13)5-8(10)15/h2-5H,1H3. The molecule has 2 rings (SSSR count). The molecule has 0 aliphatic rings. The molecule has 104 valence electrons. The largest absolute Gasteiger partial charge is 0.464 e. The van der Waals surface area contributed by atoms with Gasteiger partial charge in [0.05, 0.1) is 7.11 Å². The summed E-state index contributed by atoms with van der Waals surface area (Å²) in [7, 11) is 1.14. The molecule has 8 heteroatoms. The normalized spacial score (nSPS) is 10.2. The number of halogens is 3. The van der Waals surface area contributed by atoms with Crippen molar-refractivity contribution in [3.8, 4) is 11.6 Å². The fraction of sp³-hybridized carbons (Fsp3) is 0.0833. The van der Waals surface area contributed by atoms with E-state index in [1.165, 1.54) is 12.4 Å². The van der Waals surface area contributed by atoms with Gasteiger partial charge in [-0.15, -0.1) is 0 Å². The fourth-order valence-electron chi connectivity index (χ4n) is 1.36. The lowest BCUT2D eigenvalue weighted by molar-refractivity contribution is 0.0589. The van der Waals surface area contributed by atoms with Crippen molar-refractivity contribution < 1.29 is 23.0 Å². The van der Waals surface area contributed by atoms with Gasteiger partial charge in [0.15, 0.2) is 11.6 Å². The third kappa shape index (κ3) is 2.90. The zero-order valence-electron chi connectivity index (χ0n) is 10.1. The Balaban J connectivity index is 2.43. The van der Waals surface area contributed by atoms with Crippen molar-refractivity contribution in [3.05, 3.63) is 46.3 Å². The maximum absolute atomic E-state index is 13.7. The van der Waals surface area contributed by atoms with Crippen LogP contribution in [-0.2, 0) is 4.74 Å². The molecule has 0 saturated carbocycles. The van der Waals surface area contributed by atoms with Crippen LogP contribution in [0.3, 0.4) is 0 Å². The third-order valence-electron chi connectivity index (χ3n) is 2.21. The number of ether oxygens (including phenoxy) is 2. The molecule has 1 aromatic heterocycles. The highest BCUT2D eigenvalue weighted by molar-refractivity contribution is 9.10. The van der Waals surface area contributed by atoms with Crippen LogP contribution < -0.4 is 4.74 Å². The Morgan fingerprint density at radius 3 is 2.40 bits per heavy atom. The number of carbonyl (C=O) groups excluding carboxylic acids is 1. The molecule has 0 saturated heterocycles. The first-order valence-electron chi connectivity index (χ1n) is 5.24. The smallest absolute Gasteiger partial charge is 0.362 e. The van der Waals surface area contributed by atoms with Crippen LogP contribution in [-0.4, -0.2) is 23.0 Å².